The van der Waals surface area contributed by atoms with Gasteiger partial charge in [-0.2, -0.15) is 0 Å². The number of carbonyl (C=O) groups is 2. The lowest BCUT2D eigenvalue weighted by molar-refractivity contribution is -0.174. The molecule has 1 aromatic carbocycles. The zero-order valence-electron chi connectivity index (χ0n) is 14.4. The minimum atomic E-state index is -1.42. The van der Waals surface area contributed by atoms with Gasteiger partial charge in [0.1, 0.15) is 11.1 Å². The van der Waals surface area contributed by atoms with Gasteiger partial charge in [-0.25, -0.2) is 9.59 Å². The van der Waals surface area contributed by atoms with E-state index in [2.05, 4.69) is 0 Å². The van der Waals surface area contributed by atoms with Crippen LogP contribution in [0.2, 0.25) is 0 Å². The molecule has 6 heteroatoms. The lowest BCUT2D eigenvalue weighted by Crippen LogP contribution is -2.64. The van der Waals surface area contributed by atoms with E-state index in [0.717, 1.165) is 10.5 Å². The molecule has 2 rings (SSSR count). The number of amides is 1. The van der Waals surface area contributed by atoms with Crippen LogP contribution in [-0.2, 0) is 16.0 Å². The Balaban J connectivity index is 2.45. The van der Waals surface area contributed by atoms with E-state index in [1.165, 1.54) is 0 Å². The van der Waals surface area contributed by atoms with Crippen molar-refractivity contribution in [1.29, 1.82) is 0 Å². The quantitative estimate of drug-likeness (QED) is 0.829. The van der Waals surface area contributed by atoms with Crippen molar-refractivity contribution in [1.82, 2.24) is 4.90 Å². The number of carbonyl (C=O) groups excluding carboxylic acids is 1. The molecule has 24 heavy (non-hydrogen) atoms. The molecule has 0 aromatic heterocycles. The largest absolute Gasteiger partial charge is 0.465 e. The minimum Gasteiger partial charge on any atom is -0.465 e. The maximum absolute atomic E-state index is 13.0. The summed E-state index contributed by atoms with van der Waals surface area (Å²) in [4.78, 5) is 25.9. The molecule has 1 heterocycles. The number of piperidine rings is 1. The number of ether oxygens (including phenoxy) is 1. The van der Waals surface area contributed by atoms with E-state index >= 15 is 0 Å². The number of carboxylic acid groups (broad SMARTS) is 1. The average molecular weight is 335 g/mol. The smallest absolute Gasteiger partial charge is 0.408 e. The second-order valence-corrected chi connectivity index (χ2v) is 7.28. The maximum atomic E-state index is 13.0. The van der Waals surface area contributed by atoms with Crippen molar-refractivity contribution in [2.24, 2.45) is 0 Å². The summed E-state index contributed by atoms with van der Waals surface area (Å²) in [6.45, 7) is 5.32. The molecule has 0 bridgehead atoms. The summed E-state index contributed by atoms with van der Waals surface area (Å²) in [6, 6.07) is 9.21. The Morgan fingerprint density at radius 2 is 1.92 bits per heavy atom. The van der Waals surface area contributed by atoms with Gasteiger partial charge in [0.15, 0.2) is 0 Å². The Bertz CT molecular complexity index is 595. The first kappa shape index (κ1) is 18.3. The Hall–Kier alpha value is -2.08. The fourth-order valence-electron chi connectivity index (χ4n) is 3.11. The lowest BCUT2D eigenvalue weighted by Gasteiger charge is -2.46. The summed E-state index contributed by atoms with van der Waals surface area (Å²) in [6.07, 6.45) is -1.40. The summed E-state index contributed by atoms with van der Waals surface area (Å²) in [5.74, 6) is -0.611. The number of nitrogens with zero attached hydrogens (tertiary/aromatic N) is 1. The number of aliphatic hydroxyl groups excluding tert-OH is 1. The number of esters is 1. The summed E-state index contributed by atoms with van der Waals surface area (Å²) in [5, 5.41) is 19.8. The Kier molecular flexibility index (Phi) is 5.18. The van der Waals surface area contributed by atoms with Crippen molar-refractivity contribution < 1.29 is 24.5 Å². The van der Waals surface area contributed by atoms with Crippen molar-refractivity contribution >= 4 is 12.1 Å². The zero-order chi connectivity index (χ0) is 18.0. The molecular formula is C18H25NO5. The Morgan fingerprint density at radius 3 is 2.46 bits per heavy atom. The van der Waals surface area contributed by atoms with Crippen molar-refractivity contribution in [2.45, 2.75) is 57.3 Å². The van der Waals surface area contributed by atoms with Gasteiger partial charge in [0.25, 0.3) is 0 Å². The van der Waals surface area contributed by atoms with Gasteiger partial charge < -0.3 is 14.9 Å². The monoisotopic (exact) mass is 335 g/mol. The van der Waals surface area contributed by atoms with Crippen LogP contribution >= 0.6 is 0 Å². The highest BCUT2D eigenvalue weighted by atomic mass is 16.6. The Labute approximate surface area is 142 Å². The van der Waals surface area contributed by atoms with Gasteiger partial charge >= 0.3 is 12.1 Å². The van der Waals surface area contributed by atoms with Crippen LogP contribution in [0.4, 0.5) is 4.79 Å². The molecule has 1 saturated heterocycles. The fraction of sp³-hybridized carbons (Fsp3) is 0.556. The van der Waals surface area contributed by atoms with Gasteiger partial charge in [-0.05, 0) is 32.8 Å². The van der Waals surface area contributed by atoms with Gasteiger partial charge in [0.2, 0.25) is 0 Å². The molecule has 1 amide bonds. The highest BCUT2D eigenvalue weighted by Gasteiger charge is 2.52. The SMILES string of the molecule is CC(C)(C)OC(=O)C1(Cc2ccccc2)CC(O)CCN1C(=O)O. The second kappa shape index (κ2) is 6.81. The van der Waals surface area contributed by atoms with Gasteiger partial charge in [-0.15, -0.1) is 0 Å². The molecule has 0 spiro atoms. The third-order valence-corrected chi connectivity index (χ3v) is 4.13. The van der Waals surface area contributed by atoms with Crippen LogP contribution in [0.25, 0.3) is 0 Å². The van der Waals surface area contributed by atoms with E-state index in [0.29, 0.717) is 6.42 Å². The molecule has 0 aliphatic carbocycles. The van der Waals surface area contributed by atoms with E-state index in [1.54, 1.807) is 20.8 Å². The second-order valence-electron chi connectivity index (χ2n) is 7.28. The molecule has 1 aromatic rings. The first-order valence-electron chi connectivity index (χ1n) is 8.10. The summed E-state index contributed by atoms with van der Waals surface area (Å²) >= 11 is 0. The fourth-order valence-corrected chi connectivity index (χ4v) is 3.11. The molecule has 1 aliphatic heterocycles. The summed E-state index contributed by atoms with van der Waals surface area (Å²) in [7, 11) is 0. The molecular weight excluding hydrogens is 310 g/mol. The predicted octanol–water partition coefficient (Wildman–Crippen LogP) is 2.44. The number of rotatable bonds is 3. The molecule has 132 valence electrons. The van der Waals surface area contributed by atoms with Crippen LogP contribution in [0.15, 0.2) is 30.3 Å². The normalized spacial score (nSPS) is 24.5. The predicted molar refractivity (Wildman–Crippen MR) is 88.7 cm³/mol. The summed E-state index contributed by atoms with van der Waals surface area (Å²) in [5.41, 5.74) is -1.34. The van der Waals surface area contributed by atoms with Crippen LogP contribution in [-0.4, -0.2) is 51.0 Å². The number of aliphatic hydroxyl groups is 1. The molecule has 1 aliphatic rings. The zero-order valence-corrected chi connectivity index (χ0v) is 14.4. The summed E-state index contributed by atoms with van der Waals surface area (Å²) < 4.78 is 5.53. The van der Waals surface area contributed by atoms with Crippen LogP contribution in [0.3, 0.4) is 0 Å². The molecule has 0 saturated carbocycles. The highest BCUT2D eigenvalue weighted by molar-refractivity contribution is 5.86. The first-order chi connectivity index (χ1) is 11.1. The Morgan fingerprint density at radius 1 is 1.29 bits per heavy atom. The average Bonchev–Trinajstić information content (AvgIpc) is 2.46. The van der Waals surface area contributed by atoms with Crippen molar-refractivity contribution in [3.63, 3.8) is 0 Å². The number of hydrogen-bond donors (Lipinski definition) is 2. The van der Waals surface area contributed by atoms with Crippen molar-refractivity contribution in [2.75, 3.05) is 6.54 Å². The minimum absolute atomic E-state index is 0.0309. The van der Waals surface area contributed by atoms with Crippen LogP contribution < -0.4 is 0 Å². The molecule has 2 unspecified atom stereocenters. The molecule has 2 atom stereocenters. The van der Waals surface area contributed by atoms with Gasteiger partial charge in [0, 0.05) is 19.4 Å². The van der Waals surface area contributed by atoms with Crippen LogP contribution in [0, 0.1) is 0 Å². The standard InChI is InChI=1S/C18H25NO5/c1-17(2,3)24-15(21)18(11-13-7-5-4-6-8-13)12-14(20)9-10-19(18)16(22)23/h4-8,14,20H,9-12H2,1-3H3,(H,22,23). The molecule has 6 nitrogen and oxygen atoms in total. The van der Waals surface area contributed by atoms with Gasteiger partial charge in [-0.3, -0.25) is 4.90 Å². The topological polar surface area (TPSA) is 87.1 Å². The van der Waals surface area contributed by atoms with E-state index in [1.807, 2.05) is 30.3 Å². The number of hydrogen-bond acceptors (Lipinski definition) is 4. The third-order valence-electron chi connectivity index (χ3n) is 4.13. The molecule has 2 N–H and O–H groups in total. The lowest BCUT2D eigenvalue weighted by atomic mass is 9.80. The molecule has 0 radical (unpaired) electrons. The van der Waals surface area contributed by atoms with E-state index in [-0.39, 0.29) is 19.4 Å². The van der Waals surface area contributed by atoms with Gasteiger partial charge in [0.05, 0.1) is 6.10 Å². The first-order valence-corrected chi connectivity index (χ1v) is 8.10. The number of likely N-dealkylation sites (tertiary alicyclic amines) is 1. The van der Waals surface area contributed by atoms with E-state index in [9.17, 15) is 19.8 Å². The third kappa shape index (κ3) is 4.06. The van der Waals surface area contributed by atoms with E-state index in [4.69, 9.17) is 4.74 Å². The van der Waals surface area contributed by atoms with Crippen LogP contribution in [0.5, 0.6) is 0 Å². The van der Waals surface area contributed by atoms with Crippen molar-refractivity contribution in [3.8, 4) is 0 Å². The maximum Gasteiger partial charge on any atom is 0.408 e. The number of benzene rings is 1. The molecule has 1 fully saturated rings. The van der Waals surface area contributed by atoms with Crippen molar-refractivity contribution in [3.05, 3.63) is 35.9 Å². The van der Waals surface area contributed by atoms with E-state index < -0.39 is 29.3 Å². The van der Waals surface area contributed by atoms with Gasteiger partial charge in [-0.1, -0.05) is 30.3 Å². The highest BCUT2D eigenvalue weighted by Crippen LogP contribution is 2.34. The van der Waals surface area contributed by atoms with Crippen LogP contribution in [0.1, 0.15) is 39.2 Å².